The van der Waals surface area contributed by atoms with Crippen LogP contribution in [0.3, 0.4) is 0 Å². The summed E-state index contributed by atoms with van der Waals surface area (Å²) in [6.45, 7) is 8.04. The third-order valence-electron chi connectivity index (χ3n) is 13.2. The van der Waals surface area contributed by atoms with Crippen LogP contribution in [0.5, 0.6) is 11.5 Å². The number of nitrogens with zero attached hydrogens (tertiary/aromatic N) is 5. The van der Waals surface area contributed by atoms with Gasteiger partial charge in [-0.1, -0.05) is 38.3 Å². The van der Waals surface area contributed by atoms with Gasteiger partial charge in [0.2, 0.25) is 11.8 Å². The Labute approximate surface area is 411 Å². The van der Waals surface area contributed by atoms with Crippen LogP contribution in [0.25, 0.3) is 22.5 Å². The largest absolute Gasteiger partial charge is 0.492 e. The minimum absolute atomic E-state index is 0.0307. The van der Waals surface area contributed by atoms with Crippen LogP contribution in [0.15, 0.2) is 60.7 Å². The molecule has 1 fully saturated rings. The molecule has 70 heavy (non-hydrogen) atoms. The summed E-state index contributed by atoms with van der Waals surface area (Å²) in [6.07, 6.45) is 5.74. The van der Waals surface area contributed by atoms with E-state index in [4.69, 9.17) is 36.6 Å². The molecule has 2 aliphatic rings. The van der Waals surface area contributed by atoms with Gasteiger partial charge in [0, 0.05) is 93.1 Å². The molecule has 0 saturated carbocycles. The van der Waals surface area contributed by atoms with Gasteiger partial charge in [-0.15, -0.1) is 0 Å². The van der Waals surface area contributed by atoms with Crippen LogP contribution in [-0.4, -0.2) is 103 Å². The number of hydrogen-bond acceptors (Lipinski definition) is 14. The Bertz CT molecular complexity index is 2510. The summed E-state index contributed by atoms with van der Waals surface area (Å²) < 4.78 is 12.3. The second-order valence-corrected chi connectivity index (χ2v) is 18.5. The Morgan fingerprint density at radius 1 is 0.843 bits per heavy atom. The van der Waals surface area contributed by atoms with E-state index in [-0.39, 0.29) is 82.9 Å². The van der Waals surface area contributed by atoms with Gasteiger partial charge in [0.1, 0.15) is 30.8 Å². The van der Waals surface area contributed by atoms with Crippen molar-refractivity contribution in [1.29, 1.82) is 5.26 Å². The van der Waals surface area contributed by atoms with Gasteiger partial charge in [0.05, 0.1) is 29.1 Å². The molecule has 372 valence electrons. The molecule has 0 aliphatic carbocycles. The molecule has 7 N–H and O–H groups in total. The molecular weight excluding hydrogens is 887 g/mol. The lowest BCUT2D eigenvalue weighted by Gasteiger charge is -2.32. The highest BCUT2D eigenvalue weighted by molar-refractivity contribution is 6.01. The Balaban J connectivity index is 1.34. The second kappa shape index (κ2) is 25.4. The van der Waals surface area contributed by atoms with Crippen LogP contribution >= 0.6 is 0 Å². The van der Waals surface area contributed by atoms with Crippen molar-refractivity contribution in [3.05, 3.63) is 88.7 Å². The predicted octanol–water partition coefficient (Wildman–Crippen LogP) is 6.12. The molecule has 16 heteroatoms. The minimum atomic E-state index is -1.24. The van der Waals surface area contributed by atoms with E-state index in [1.54, 1.807) is 51.1 Å². The topological polar surface area (TPSA) is 250 Å². The number of nitrogens with one attached hydrogen (secondary N) is 1. The first-order valence-electron chi connectivity index (χ1n) is 24.6. The minimum Gasteiger partial charge on any atom is -0.492 e. The van der Waals surface area contributed by atoms with Crippen molar-refractivity contribution in [3.8, 4) is 40.1 Å². The number of aryl methyl sites for hydroxylation is 2. The van der Waals surface area contributed by atoms with E-state index in [0.717, 1.165) is 24.3 Å². The average Bonchev–Trinajstić information content (AvgIpc) is 3.33. The molecule has 0 spiro atoms. The van der Waals surface area contributed by atoms with Crippen molar-refractivity contribution in [2.45, 2.75) is 103 Å². The van der Waals surface area contributed by atoms with Crippen LogP contribution in [0.4, 0.5) is 5.69 Å². The number of ketones is 3. The Kier molecular flexibility index (Phi) is 19.1. The number of carbonyl (C=O) groups excluding carboxylic acids is 5. The Hall–Kier alpha value is -6.54. The number of Topliss-reactive ketones (excluding diaryl/α,β-unsaturated/α-hetero) is 3. The molecule has 16 nitrogen and oxygen atoms in total. The number of nitriles is 1. The summed E-state index contributed by atoms with van der Waals surface area (Å²) in [5.74, 6) is -2.64. The Morgan fingerprint density at radius 2 is 1.46 bits per heavy atom. The summed E-state index contributed by atoms with van der Waals surface area (Å²) in [4.78, 5) is 84.8. The second-order valence-electron chi connectivity index (χ2n) is 18.5. The van der Waals surface area contributed by atoms with E-state index in [9.17, 15) is 29.2 Å². The molecule has 3 heterocycles. The van der Waals surface area contributed by atoms with Gasteiger partial charge in [-0.05, 0) is 106 Å². The molecule has 4 atom stereocenters. The number of rotatable bonds is 18. The number of hydrogen-bond donors (Lipinski definition) is 4. The molecule has 3 aromatic carbocycles. The number of likely N-dealkylation sites (N-methyl/N-ethyl adjacent to an activating group) is 1. The standard InChI is InChI=1S/C54H69N9O7/c1-34-29-47(66)51(39-15-19-49(70-28-24-58)43(32-39)42-30-37(12-18-48(42)69-27-23-57)31-44(61-53(34)67)45(64)11-10-21-55)62(4)54(68)40(20-22-56)33-46(65)50-35(2)59-52(60-36(50)3)38-13-16-41(17-14-38)63-25-8-6-5-7-9-26-63/h12-19,30,32,34,40,44,51H,5-11,20,22-29,31,33,56-58H2,1-4H3,(H,61,67)/t34-,40-,44+,51+/m1/s1. The van der Waals surface area contributed by atoms with Crippen LogP contribution in [-0.2, 0) is 25.6 Å². The van der Waals surface area contributed by atoms with E-state index < -0.39 is 41.5 Å². The normalized spacial score (nSPS) is 18.0. The first-order chi connectivity index (χ1) is 33.8. The third-order valence-corrected chi connectivity index (χ3v) is 13.2. The van der Waals surface area contributed by atoms with Gasteiger partial charge in [-0.2, -0.15) is 5.26 Å². The smallest absolute Gasteiger partial charge is 0.226 e. The zero-order valence-electron chi connectivity index (χ0n) is 41.1. The third kappa shape index (κ3) is 13.2. The SMILES string of the molecule is Cc1nc(-c2ccc(N3CCCCCCC3)cc2)nc(C)c1C(=O)C[C@@H](CCN)C(=O)N(C)[C@@H]1C(=O)C[C@@H](C)C(=O)N[C@H](C(=O)CCC#N)Cc2ccc(OCCN)c(c2)-c2cc1ccc2OCCN. The highest BCUT2D eigenvalue weighted by atomic mass is 16.5. The van der Waals surface area contributed by atoms with Crippen molar-refractivity contribution < 1.29 is 33.4 Å². The van der Waals surface area contributed by atoms with E-state index in [1.165, 1.54) is 44.1 Å². The number of ether oxygens (including phenoxy) is 2. The van der Waals surface area contributed by atoms with E-state index in [2.05, 4.69) is 22.3 Å². The lowest BCUT2D eigenvalue weighted by molar-refractivity contribution is -0.142. The average molecular weight is 956 g/mol. The fourth-order valence-electron chi connectivity index (χ4n) is 9.54. The van der Waals surface area contributed by atoms with Crippen LogP contribution in [0, 0.1) is 37.0 Å². The molecule has 2 aliphatic heterocycles. The zero-order valence-corrected chi connectivity index (χ0v) is 41.1. The lowest BCUT2D eigenvalue weighted by atomic mass is 9.88. The van der Waals surface area contributed by atoms with Gasteiger partial charge in [0.25, 0.3) is 0 Å². The number of anilines is 1. The lowest BCUT2D eigenvalue weighted by Crippen LogP contribution is -2.46. The summed E-state index contributed by atoms with van der Waals surface area (Å²) in [6, 6.07) is 18.5. The van der Waals surface area contributed by atoms with Crippen molar-refractivity contribution in [2.24, 2.45) is 29.0 Å². The van der Waals surface area contributed by atoms with Gasteiger partial charge in [-0.3, -0.25) is 24.0 Å². The maximum atomic E-state index is 14.9. The van der Waals surface area contributed by atoms with Crippen molar-refractivity contribution in [3.63, 3.8) is 0 Å². The maximum Gasteiger partial charge on any atom is 0.226 e. The van der Waals surface area contributed by atoms with Crippen LogP contribution in [0.2, 0.25) is 0 Å². The van der Waals surface area contributed by atoms with E-state index in [0.29, 0.717) is 56.5 Å². The first kappa shape index (κ1) is 52.8. The summed E-state index contributed by atoms with van der Waals surface area (Å²) in [7, 11) is 1.51. The van der Waals surface area contributed by atoms with Crippen molar-refractivity contribution in [1.82, 2.24) is 20.2 Å². The number of benzene rings is 3. The molecule has 4 bridgehead atoms. The first-order valence-corrected chi connectivity index (χ1v) is 24.6. The molecule has 1 saturated heterocycles. The molecule has 2 amide bonds. The van der Waals surface area contributed by atoms with Crippen LogP contribution in [0.1, 0.15) is 110 Å². The number of carbonyl (C=O) groups is 5. The maximum absolute atomic E-state index is 14.9. The number of aromatic nitrogens is 2. The molecule has 1 aromatic heterocycles. The van der Waals surface area contributed by atoms with Gasteiger partial charge in [-0.25, -0.2) is 9.97 Å². The van der Waals surface area contributed by atoms with Gasteiger partial charge < -0.3 is 41.8 Å². The fraction of sp³-hybridized carbons (Fsp3) is 0.481. The predicted molar refractivity (Wildman–Crippen MR) is 269 cm³/mol. The summed E-state index contributed by atoms with van der Waals surface area (Å²) in [5.41, 5.74) is 23.3. The molecule has 0 radical (unpaired) electrons. The highest BCUT2D eigenvalue weighted by Gasteiger charge is 2.36. The number of amides is 2. The summed E-state index contributed by atoms with van der Waals surface area (Å²) in [5, 5.41) is 12.1. The van der Waals surface area contributed by atoms with Crippen molar-refractivity contribution >= 4 is 34.9 Å². The quantitative estimate of drug-likeness (QED) is 0.0821. The summed E-state index contributed by atoms with van der Waals surface area (Å²) >= 11 is 0. The number of fused-ring (bicyclic) bond motifs is 5. The van der Waals surface area contributed by atoms with Gasteiger partial charge >= 0.3 is 0 Å². The molecular formula is C54H69N9O7. The van der Waals surface area contributed by atoms with E-state index >= 15 is 0 Å². The molecule has 0 unspecified atom stereocenters. The fourth-order valence-corrected chi connectivity index (χ4v) is 9.54. The molecule has 4 aromatic rings. The van der Waals surface area contributed by atoms with Gasteiger partial charge in [0.15, 0.2) is 23.2 Å². The Morgan fingerprint density at radius 3 is 2.07 bits per heavy atom. The van der Waals surface area contributed by atoms with Crippen LogP contribution < -0.4 is 36.9 Å². The van der Waals surface area contributed by atoms with Crippen molar-refractivity contribution in [2.75, 3.05) is 57.9 Å². The zero-order chi connectivity index (χ0) is 50.3. The highest BCUT2D eigenvalue weighted by Crippen LogP contribution is 2.41. The number of nitrogens with two attached hydrogens (primary N) is 3. The molecule has 6 rings (SSSR count). The monoisotopic (exact) mass is 956 g/mol. The van der Waals surface area contributed by atoms with E-state index in [1.807, 2.05) is 24.3 Å².